The molecule has 116 valence electrons. The predicted molar refractivity (Wildman–Crippen MR) is 90.6 cm³/mol. The number of carbonyl (C=O) groups is 1. The molecule has 0 heterocycles. The molecule has 0 aliphatic heterocycles. The quantitative estimate of drug-likeness (QED) is 0.784. The number of nitrogens with zero attached hydrogens (tertiary/aromatic N) is 2. The molecular weight excluding hydrogens is 272 g/mol. The maximum Gasteiger partial charge on any atom is 0.227 e. The first-order chi connectivity index (χ1) is 10.6. The van der Waals surface area contributed by atoms with Gasteiger partial charge in [0.15, 0.2) is 0 Å². The summed E-state index contributed by atoms with van der Waals surface area (Å²) in [5.41, 5.74) is 2.23. The Kier molecular flexibility index (Phi) is 6.16. The second-order valence-electron chi connectivity index (χ2n) is 5.77. The standard InChI is InChI=1S/C19H24N2O/c1-20(2)13-14-21(16-18-11-7-4-8-12-18)19(22)15-17-9-5-3-6-10-17/h3-12H,13-16H2,1-2H3. The Morgan fingerprint density at radius 1 is 0.818 bits per heavy atom. The fourth-order valence-corrected chi connectivity index (χ4v) is 2.30. The Morgan fingerprint density at radius 3 is 1.91 bits per heavy atom. The van der Waals surface area contributed by atoms with E-state index >= 15 is 0 Å². The lowest BCUT2D eigenvalue weighted by molar-refractivity contribution is -0.131. The molecule has 0 aliphatic rings. The molecular formula is C19H24N2O. The minimum absolute atomic E-state index is 0.178. The van der Waals surface area contributed by atoms with Gasteiger partial charge in [-0.25, -0.2) is 0 Å². The molecule has 0 aromatic heterocycles. The number of amides is 1. The molecule has 0 fully saturated rings. The minimum atomic E-state index is 0.178. The molecule has 2 rings (SSSR count). The molecule has 0 saturated carbocycles. The summed E-state index contributed by atoms with van der Waals surface area (Å²) in [5, 5.41) is 0. The molecule has 22 heavy (non-hydrogen) atoms. The van der Waals surface area contributed by atoms with Gasteiger partial charge in [0.1, 0.15) is 0 Å². The zero-order valence-electron chi connectivity index (χ0n) is 13.4. The highest BCUT2D eigenvalue weighted by molar-refractivity contribution is 5.78. The second kappa shape index (κ2) is 8.35. The first-order valence-electron chi connectivity index (χ1n) is 7.65. The van der Waals surface area contributed by atoms with Crippen molar-refractivity contribution in [2.45, 2.75) is 13.0 Å². The molecule has 0 spiro atoms. The Morgan fingerprint density at radius 2 is 1.36 bits per heavy atom. The van der Waals surface area contributed by atoms with Crippen molar-refractivity contribution in [3.63, 3.8) is 0 Å². The number of carbonyl (C=O) groups excluding carboxylic acids is 1. The lowest BCUT2D eigenvalue weighted by Gasteiger charge is -2.24. The monoisotopic (exact) mass is 296 g/mol. The van der Waals surface area contributed by atoms with Gasteiger partial charge in [-0.3, -0.25) is 4.79 Å². The highest BCUT2D eigenvalue weighted by Gasteiger charge is 2.14. The largest absolute Gasteiger partial charge is 0.337 e. The molecule has 0 unspecified atom stereocenters. The van der Waals surface area contributed by atoms with E-state index in [-0.39, 0.29) is 5.91 Å². The van der Waals surface area contributed by atoms with Crippen molar-refractivity contribution in [1.82, 2.24) is 9.80 Å². The predicted octanol–water partition coefficient (Wildman–Crippen LogP) is 2.82. The molecule has 0 saturated heterocycles. The van der Waals surface area contributed by atoms with E-state index < -0.39 is 0 Å². The SMILES string of the molecule is CN(C)CCN(Cc1ccccc1)C(=O)Cc1ccccc1. The van der Waals surface area contributed by atoms with E-state index in [1.165, 1.54) is 5.56 Å². The Bertz CT molecular complexity index is 567. The molecule has 3 heteroatoms. The zero-order valence-corrected chi connectivity index (χ0v) is 13.4. The maximum absolute atomic E-state index is 12.6. The third kappa shape index (κ3) is 5.34. The fraction of sp³-hybridized carbons (Fsp3) is 0.316. The van der Waals surface area contributed by atoms with E-state index in [1.807, 2.05) is 67.5 Å². The van der Waals surface area contributed by atoms with Crippen LogP contribution in [0.2, 0.25) is 0 Å². The van der Waals surface area contributed by atoms with Crippen LogP contribution < -0.4 is 0 Å². The van der Waals surface area contributed by atoms with Crippen LogP contribution in [0.15, 0.2) is 60.7 Å². The van der Waals surface area contributed by atoms with Gasteiger partial charge in [0, 0.05) is 19.6 Å². The van der Waals surface area contributed by atoms with Crippen molar-refractivity contribution >= 4 is 5.91 Å². The third-order valence-electron chi connectivity index (χ3n) is 3.58. The molecule has 0 bridgehead atoms. The lowest BCUT2D eigenvalue weighted by Crippen LogP contribution is -2.37. The summed E-state index contributed by atoms with van der Waals surface area (Å²) in [6.07, 6.45) is 0.459. The van der Waals surface area contributed by atoms with E-state index in [0.29, 0.717) is 13.0 Å². The van der Waals surface area contributed by atoms with E-state index in [1.54, 1.807) is 0 Å². The molecule has 2 aromatic rings. The Balaban J connectivity index is 2.04. The van der Waals surface area contributed by atoms with Crippen LogP contribution in [0.25, 0.3) is 0 Å². The number of likely N-dealkylation sites (N-methyl/N-ethyl adjacent to an activating group) is 1. The maximum atomic E-state index is 12.6. The normalized spacial score (nSPS) is 10.7. The second-order valence-corrected chi connectivity index (χ2v) is 5.77. The van der Waals surface area contributed by atoms with Crippen LogP contribution >= 0.6 is 0 Å². The van der Waals surface area contributed by atoms with Crippen molar-refractivity contribution in [1.29, 1.82) is 0 Å². The molecule has 0 radical (unpaired) electrons. The van der Waals surface area contributed by atoms with Gasteiger partial charge in [-0.15, -0.1) is 0 Å². The van der Waals surface area contributed by atoms with Crippen molar-refractivity contribution in [2.75, 3.05) is 27.2 Å². The highest BCUT2D eigenvalue weighted by atomic mass is 16.2. The van der Waals surface area contributed by atoms with E-state index in [0.717, 1.165) is 18.7 Å². The van der Waals surface area contributed by atoms with Gasteiger partial charge in [-0.05, 0) is 25.2 Å². The summed E-state index contributed by atoms with van der Waals surface area (Å²) in [4.78, 5) is 16.7. The highest BCUT2D eigenvalue weighted by Crippen LogP contribution is 2.08. The topological polar surface area (TPSA) is 23.6 Å². The number of hydrogen-bond donors (Lipinski definition) is 0. The van der Waals surface area contributed by atoms with Crippen molar-refractivity contribution < 1.29 is 4.79 Å². The van der Waals surface area contributed by atoms with Crippen molar-refractivity contribution in [2.24, 2.45) is 0 Å². The van der Waals surface area contributed by atoms with E-state index in [4.69, 9.17) is 0 Å². The van der Waals surface area contributed by atoms with Crippen LogP contribution in [-0.4, -0.2) is 42.9 Å². The van der Waals surface area contributed by atoms with Gasteiger partial charge >= 0.3 is 0 Å². The lowest BCUT2D eigenvalue weighted by atomic mass is 10.1. The smallest absolute Gasteiger partial charge is 0.227 e. The summed E-state index contributed by atoms with van der Waals surface area (Å²) in [7, 11) is 4.06. The Hall–Kier alpha value is -2.13. The van der Waals surface area contributed by atoms with Crippen LogP contribution in [0.5, 0.6) is 0 Å². The number of benzene rings is 2. The summed E-state index contributed by atoms with van der Waals surface area (Å²) in [6, 6.07) is 20.1. The fourth-order valence-electron chi connectivity index (χ4n) is 2.30. The number of hydrogen-bond acceptors (Lipinski definition) is 2. The van der Waals surface area contributed by atoms with Gasteiger partial charge in [-0.1, -0.05) is 60.7 Å². The van der Waals surface area contributed by atoms with E-state index in [2.05, 4.69) is 17.0 Å². The molecule has 2 aromatic carbocycles. The van der Waals surface area contributed by atoms with Gasteiger partial charge in [0.25, 0.3) is 0 Å². The zero-order chi connectivity index (χ0) is 15.8. The van der Waals surface area contributed by atoms with Crippen LogP contribution in [0.4, 0.5) is 0 Å². The number of rotatable bonds is 7. The van der Waals surface area contributed by atoms with Crippen molar-refractivity contribution in [3.05, 3.63) is 71.8 Å². The molecule has 0 atom stereocenters. The summed E-state index contributed by atoms with van der Waals surface area (Å²) >= 11 is 0. The minimum Gasteiger partial charge on any atom is -0.337 e. The van der Waals surface area contributed by atoms with Crippen LogP contribution in [0.1, 0.15) is 11.1 Å². The molecule has 0 aliphatic carbocycles. The third-order valence-corrected chi connectivity index (χ3v) is 3.58. The average molecular weight is 296 g/mol. The first kappa shape index (κ1) is 16.2. The summed E-state index contributed by atoms with van der Waals surface area (Å²) in [6.45, 7) is 2.28. The summed E-state index contributed by atoms with van der Waals surface area (Å²) in [5.74, 6) is 0.178. The first-order valence-corrected chi connectivity index (χ1v) is 7.65. The molecule has 3 nitrogen and oxygen atoms in total. The summed E-state index contributed by atoms with van der Waals surface area (Å²) < 4.78 is 0. The average Bonchev–Trinajstić information content (AvgIpc) is 2.53. The van der Waals surface area contributed by atoms with Crippen molar-refractivity contribution in [3.8, 4) is 0 Å². The van der Waals surface area contributed by atoms with Gasteiger partial charge in [-0.2, -0.15) is 0 Å². The van der Waals surface area contributed by atoms with Gasteiger partial charge in [0.2, 0.25) is 5.91 Å². The van der Waals surface area contributed by atoms with Gasteiger partial charge < -0.3 is 9.80 Å². The molecule has 1 amide bonds. The van der Waals surface area contributed by atoms with E-state index in [9.17, 15) is 4.79 Å². The van der Waals surface area contributed by atoms with Gasteiger partial charge in [0.05, 0.1) is 6.42 Å². The molecule has 0 N–H and O–H groups in total. The van der Waals surface area contributed by atoms with Crippen LogP contribution in [0, 0.1) is 0 Å². The Labute approximate surface area is 133 Å². The van der Waals surface area contributed by atoms with Crippen LogP contribution in [0.3, 0.4) is 0 Å². The van der Waals surface area contributed by atoms with Crippen LogP contribution in [-0.2, 0) is 17.8 Å².